The fourth-order valence-electron chi connectivity index (χ4n) is 0.278. The number of carbonyl (C=O) groups is 2. The van der Waals surface area contributed by atoms with E-state index in [2.05, 4.69) is 13.2 Å². The van der Waals surface area contributed by atoms with E-state index in [1.807, 2.05) is 5.32 Å². The molecule has 0 bridgehead atoms. The SMILES string of the molecule is C=CC(=O)NCC(O)(O)O.C=CC(=O)[O-].[Na+]. The van der Waals surface area contributed by atoms with Crippen molar-refractivity contribution in [1.82, 2.24) is 5.32 Å². The Hall–Kier alpha value is -0.700. The predicted molar refractivity (Wildman–Crippen MR) is 47.8 cm³/mol. The van der Waals surface area contributed by atoms with E-state index in [0.29, 0.717) is 0 Å². The van der Waals surface area contributed by atoms with Crippen LogP contribution in [0.15, 0.2) is 25.3 Å². The van der Waals surface area contributed by atoms with Gasteiger partial charge in [-0.2, -0.15) is 0 Å². The number of rotatable bonds is 4. The molecule has 16 heavy (non-hydrogen) atoms. The maximum atomic E-state index is 10.3. The van der Waals surface area contributed by atoms with Crippen LogP contribution in [0.25, 0.3) is 0 Å². The van der Waals surface area contributed by atoms with E-state index >= 15 is 0 Å². The van der Waals surface area contributed by atoms with Gasteiger partial charge in [0.15, 0.2) is 0 Å². The third-order valence-corrected chi connectivity index (χ3v) is 0.852. The molecule has 86 valence electrons. The molecule has 0 aromatic rings. The monoisotopic (exact) mass is 241 g/mol. The Morgan fingerprint density at radius 2 is 1.62 bits per heavy atom. The summed E-state index contributed by atoms with van der Waals surface area (Å²) in [5, 5.41) is 35.8. The predicted octanol–water partition coefficient (Wildman–Crippen LogP) is -6.15. The van der Waals surface area contributed by atoms with Crippen LogP contribution in [0, 0.1) is 0 Å². The van der Waals surface area contributed by atoms with Crippen LogP contribution >= 0.6 is 0 Å². The van der Waals surface area contributed by atoms with Gasteiger partial charge in [0.25, 0.3) is 5.97 Å². The number of hydrogen-bond donors (Lipinski definition) is 4. The van der Waals surface area contributed by atoms with Crippen molar-refractivity contribution in [3.8, 4) is 0 Å². The molecule has 7 nitrogen and oxygen atoms in total. The number of nitrogens with one attached hydrogen (secondary N) is 1. The minimum Gasteiger partial charge on any atom is -0.545 e. The molecule has 0 aliphatic heterocycles. The standard InChI is InChI=1S/C5H9NO4.C3H4O2.Na/c1-2-4(7)6-3-5(8,9)10;1-2-3(4)5;/h2,8-10H,1,3H2,(H,6,7);2H,1H2,(H,4,5);/q;;+1/p-1. The van der Waals surface area contributed by atoms with Gasteiger partial charge in [-0.05, 0) is 12.2 Å². The maximum absolute atomic E-state index is 10.3. The molecule has 8 heteroatoms. The number of hydrogen-bond acceptors (Lipinski definition) is 6. The van der Waals surface area contributed by atoms with Crippen LogP contribution in [0.3, 0.4) is 0 Å². The smallest absolute Gasteiger partial charge is 0.545 e. The molecule has 0 aliphatic rings. The van der Waals surface area contributed by atoms with Crippen LogP contribution in [-0.2, 0) is 9.59 Å². The van der Waals surface area contributed by atoms with Gasteiger partial charge in [0.2, 0.25) is 5.91 Å². The zero-order valence-electron chi connectivity index (χ0n) is 8.84. The fraction of sp³-hybridized carbons (Fsp3) is 0.250. The van der Waals surface area contributed by atoms with Gasteiger partial charge in [-0.3, -0.25) is 4.79 Å². The van der Waals surface area contributed by atoms with Crippen molar-refractivity contribution in [1.29, 1.82) is 0 Å². The van der Waals surface area contributed by atoms with Gasteiger partial charge in [0.05, 0.1) is 12.5 Å². The minimum atomic E-state index is -2.85. The van der Waals surface area contributed by atoms with Gasteiger partial charge in [-0.25, -0.2) is 0 Å². The number of carboxylic acid groups (broad SMARTS) is 1. The second-order valence-corrected chi connectivity index (χ2v) is 2.22. The summed E-state index contributed by atoms with van der Waals surface area (Å²) >= 11 is 0. The normalized spacial score (nSPS) is 8.69. The molecule has 4 N–H and O–H groups in total. The second kappa shape index (κ2) is 10.8. The average Bonchev–Trinajstić information content (AvgIpc) is 2.14. The van der Waals surface area contributed by atoms with Crippen molar-refractivity contribution in [2.24, 2.45) is 0 Å². The minimum absolute atomic E-state index is 0. The molecule has 1 amide bonds. The third-order valence-electron chi connectivity index (χ3n) is 0.852. The summed E-state index contributed by atoms with van der Waals surface area (Å²) in [7, 11) is 0. The van der Waals surface area contributed by atoms with Crippen molar-refractivity contribution in [3.63, 3.8) is 0 Å². The summed E-state index contributed by atoms with van der Waals surface area (Å²) in [6.07, 6.45) is 1.67. The van der Waals surface area contributed by atoms with Gasteiger partial charge in [0, 0.05) is 0 Å². The van der Waals surface area contributed by atoms with Crippen molar-refractivity contribution in [2.45, 2.75) is 5.97 Å². The molecule has 0 saturated heterocycles. The first-order valence-corrected chi connectivity index (χ1v) is 3.63. The van der Waals surface area contributed by atoms with Gasteiger partial charge in [-0.1, -0.05) is 13.2 Å². The summed E-state index contributed by atoms with van der Waals surface area (Å²) in [6.45, 7) is 5.36. The molecule has 0 radical (unpaired) electrons. The summed E-state index contributed by atoms with van der Waals surface area (Å²) in [5.74, 6) is -4.66. The Balaban J connectivity index is -0.000000242. The number of carbonyl (C=O) groups excluding carboxylic acids is 2. The Morgan fingerprint density at radius 3 is 1.81 bits per heavy atom. The van der Waals surface area contributed by atoms with Crippen molar-refractivity contribution < 1.29 is 59.6 Å². The largest absolute Gasteiger partial charge is 1.00 e. The van der Waals surface area contributed by atoms with Gasteiger partial charge in [0.1, 0.15) is 0 Å². The van der Waals surface area contributed by atoms with Crippen LogP contribution in [-0.4, -0.2) is 39.7 Å². The van der Waals surface area contributed by atoms with Crippen molar-refractivity contribution >= 4 is 11.9 Å². The van der Waals surface area contributed by atoms with E-state index < -0.39 is 24.4 Å². The first-order chi connectivity index (χ1) is 6.72. The Kier molecular flexibility index (Phi) is 14.0. The quantitative estimate of drug-likeness (QED) is 0.220. The number of aliphatic hydroxyl groups is 3. The molecular formula is C8H12NNaO6. The Morgan fingerprint density at radius 1 is 1.25 bits per heavy atom. The van der Waals surface area contributed by atoms with Gasteiger partial charge in [-0.15, -0.1) is 0 Å². The molecule has 0 heterocycles. The molecule has 0 rings (SSSR count). The van der Waals surface area contributed by atoms with E-state index in [0.717, 1.165) is 12.2 Å². The van der Waals surface area contributed by atoms with Crippen LogP contribution in [0.4, 0.5) is 0 Å². The molecular weight excluding hydrogens is 229 g/mol. The zero-order chi connectivity index (χ0) is 12.5. The number of amides is 1. The fourth-order valence-corrected chi connectivity index (χ4v) is 0.278. The Labute approximate surface area is 114 Å². The van der Waals surface area contributed by atoms with Crippen LogP contribution < -0.4 is 40.0 Å². The number of carboxylic acids is 1. The maximum Gasteiger partial charge on any atom is 1.00 e. The molecule has 0 fully saturated rings. The summed E-state index contributed by atoms with van der Waals surface area (Å²) in [4.78, 5) is 19.4. The summed E-state index contributed by atoms with van der Waals surface area (Å²) in [5.41, 5.74) is 0. The van der Waals surface area contributed by atoms with Gasteiger partial charge >= 0.3 is 29.6 Å². The van der Waals surface area contributed by atoms with Gasteiger partial charge < -0.3 is 30.5 Å². The first-order valence-electron chi connectivity index (χ1n) is 3.63. The molecule has 0 saturated carbocycles. The van der Waals surface area contributed by atoms with E-state index in [-0.39, 0.29) is 29.6 Å². The molecule has 0 aromatic heterocycles. The molecule has 0 aliphatic carbocycles. The molecule has 0 spiro atoms. The summed E-state index contributed by atoms with van der Waals surface area (Å²) < 4.78 is 0. The van der Waals surface area contributed by atoms with Crippen LogP contribution in [0.5, 0.6) is 0 Å². The van der Waals surface area contributed by atoms with E-state index in [1.54, 1.807) is 0 Å². The summed E-state index contributed by atoms with van der Waals surface area (Å²) in [6, 6.07) is 0. The van der Waals surface area contributed by atoms with Crippen LogP contribution in [0.1, 0.15) is 0 Å². The number of aliphatic carboxylic acids is 1. The van der Waals surface area contributed by atoms with E-state index in [9.17, 15) is 4.79 Å². The first kappa shape index (κ1) is 20.7. The zero-order valence-corrected chi connectivity index (χ0v) is 10.8. The second-order valence-electron chi connectivity index (χ2n) is 2.22. The topological polar surface area (TPSA) is 130 Å². The molecule has 0 atom stereocenters. The Bertz CT molecular complexity index is 247. The van der Waals surface area contributed by atoms with Crippen LogP contribution in [0.2, 0.25) is 0 Å². The third kappa shape index (κ3) is 23.3. The van der Waals surface area contributed by atoms with Crippen molar-refractivity contribution in [3.05, 3.63) is 25.3 Å². The van der Waals surface area contributed by atoms with E-state index in [1.165, 1.54) is 0 Å². The van der Waals surface area contributed by atoms with Crippen molar-refractivity contribution in [2.75, 3.05) is 6.54 Å². The molecule has 0 aromatic carbocycles. The average molecular weight is 241 g/mol. The van der Waals surface area contributed by atoms with E-state index in [4.69, 9.17) is 25.2 Å². The molecule has 0 unspecified atom stereocenters.